The molecule has 0 bridgehead atoms. The van der Waals surface area contributed by atoms with E-state index >= 15 is 0 Å². The Morgan fingerprint density at radius 3 is 2.62 bits per heavy atom. The van der Waals surface area contributed by atoms with Gasteiger partial charge in [0.15, 0.2) is 0 Å². The molecule has 6 nitrogen and oxygen atoms in total. The largest absolute Gasteiger partial charge is 0.351 e. The van der Waals surface area contributed by atoms with E-state index in [1.54, 1.807) is 6.20 Å². The fraction of sp³-hybridized carbons (Fsp3) is 0.391. The quantitative estimate of drug-likeness (QED) is 0.629. The first kappa shape index (κ1) is 19.6. The third kappa shape index (κ3) is 5.22. The molecule has 6 heteroatoms. The van der Waals surface area contributed by atoms with E-state index in [0.717, 1.165) is 56.9 Å². The summed E-state index contributed by atoms with van der Waals surface area (Å²) >= 11 is 0. The third-order valence-corrected chi connectivity index (χ3v) is 5.50. The van der Waals surface area contributed by atoms with Crippen LogP contribution in [-0.4, -0.2) is 64.4 Å². The van der Waals surface area contributed by atoms with Gasteiger partial charge < -0.3 is 14.6 Å². The summed E-state index contributed by atoms with van der Waals surface area (Å²) in [7, 11) is 0. The lowest BCUT2D eigenvalue weighted by Gasteiger charge is -2.34. The Morgan fingerprint density at radius 2 is 1.83 bits per heavy atom. The van der Waals surface area contributed by atoms with Crippen LogP contribution in [0.15, 0.2) is 54.9 Å². The molecule has 3 heterocycles. The van der Waals surface area contributed by atoms with Crippen LogP contribution in [0, 0.1) is 6.92 Å². The van der Waals surface area contributed by atoms with Crippen LogP contribution in [0.2, 0.25) is 0 Å². The molecule has 152 valence electrons. The molecule has 0 atom stereocenters. The van der Waals surface area contributed by atoms with E-state index in [4.69, 9.17) is 0 Å². The van der Waals surface area contributed by atoms with E-state index in [1.807, 2.05) is 29.7 Å². The summed E-state index contributed by atoms with van der Waals surface area (Å²) < 4.78 is 1.89. The van der Waals surface area contributed by atoms with Crippen LogP contribution in [0.5, 0.6) is 0 Å². The molecule has 0 radical (unpaired) electrons. The minimum Gasteiger partial charge on any atom is -0.351 e. The minimum atomic E-state index is -0.0981. The number of hydrogen-bond acceptors (Lipinski definition) is 4. The molecule has 1 aromatic carbocycles. The molecular weight excluding hydrogens is 362 g/mol. The average molecular weight is 392 g/mol. The molecule has 1 aliphatic rings. The van der Waals surface area contributed by atoms with Gasteiger partial charge in [-0.2, -0.15) is 0 Å². The number of imidazole rings is 1. The molecule has 0 saturated carbocycles. The Hall–Kier alpha value is -2.70. The van der Waals surface area contributed by atoms with Gasteiger partial charge in [-0.3, -0.25) is 9.69 Å². The van der Waals surface area contributed by atoms with Crippen LogP contribution < -0.4 is 5.32 Å². The Labute approximate surface area is 172 Å². The maximum Gasteiger partial charge on any atom is 0.271 e. The van der Waals surface area contributed by atoms with Gasteiger partial charge in [0.05, 0.1) is 0 Å². The number of carbonyl (C=O) groups is 1. The van der Waals surface area contributed by atoms with Gasteiger partial charge in [-0.1, -0.05) is 30.3 Å². The van der Waals surface area contributed by atoms with Crippen LogP contribution in [0.1, 0.15) is 28.0 Å². The zero-order valence-corrected chi connectivity index (χ0v) is 17.1. The highest BCUT2D eigenvalue weighted by atomic mass is 16.1. The standard InChI is InChI=1S/C23H29N5O/c1-19-8-11-28-18-21(25-22(28)16-19)23(29)24-9-5-10-26-12-14-27(15-13-26)17-20-6-3-2-4-7-20/h2-4,6-8,11,16,18H,5,9-10,12-15,17H2,1H3,(H,24,29). The van der Waals surface area contributed by atoms with E-state index in [-0.39, 0.29) is 5.91 Å². The lowest BCUT2D eigenvalue weighted by atomic mass is 10.2. The van der Waals surface area contributed by atoms with Crippen LogP contribution in [0.4, 0.5) is 0 Å². The molecule has 1 amide bonds. The zero-order valence-electron chi connectivity index (χ0n) is 17.1. The Bertz CT molecular complexity index is 944. The first-order valence-electron chi connectivity index (χ1n) is 10.4. The topological polar surface area (TPSA) is 52.9 Å². The van der Waals surface area contributed by atoms with Crippen molar-refractivity contribution in [1.82, 2.24) is 24.5 Å². The second-order valence-electron chi connectivity index (χ2n) is 7.81. The molecule has 1 N–H and O–H groups in total. The number of carbonyl (C=O) groups excluding carboxylic acids is 1. The molecule has 1 saturated heterocycles. The van der Waals surface area contributed by atoms with Gasteiger partial charge in [0.1, 0.15) is 11.3 Å². The van der Waals surface area contributed by atoms with Crippen LogP contribution in [0.25, 0.3) is 5.65 Å². The lowest BCUT2D eigenvalue weighted by molar-refractivity contribution is 0.0943. The third-order valence-electron chi connectivity index (χ3n) is 5.50. The highest BCUT2D eigenvalue weighted by molar-refractivity contribution is 5.92. The normalized spacial score (nSPS) is 15.6. The number of fused-ring (bicyclic) bond motifs is 1. The van der Waals surface area contributed by atoms with Crippen molar-refractivity contribution < 1.29 is 4.79 Å². The number of benzene rings is 1. The molecule has 0 unspecified atom stereocenters. The number of aryl methyl sites for hydroxylation is 1. The molecular formula is C23H29N5O. The van der Waals surface area contributed by atoms with Crippen molar-refractivity contribution >= 4 is 11.6 Å². The van der Waals surface area contributed by atoms with Crippen LogP contribution >= 0.6 is 0 Å². The van der Waals surface area contributed by atoms with Gasteiger partial charge in [-0.25, -0.2) is 4.98 Å². The van der Waals surface area contributed by atoms with Gasteiger partial charge in [-0.15, -0.1) is 0 Å². The van der Waals surface area contributed by atoms with Crippen molar-refractivity contribution in [1.29, 1.82) is 0 Å². The fourth-order valence-corrected chi connectivity index (χ4v) is 3.80. The van der Waals surface area contributed by atoms with Crippen molar-refractivity contribution in [2.75, 3.05) is 39.3 Å². The number of nitrogens with zero attached hydrogens (tertiary/aromatic N) is 4. The predicted molar refractivity (Wildman–Crippen MR) is 115 cm³/mol. The first-order chi connectivity index (χ1) is 14.2. The summed E-state index contributed by atoms with van der Waals surface area (Å²) in [6.07, 6.45) is 4.68. The van der Waals surface area contributed by atoms with Crippen LogP contribution in [-0.2, 0) is 6.54 Å². The highest BCUT2D eigenvalue weighted by Crippen LogP contribution is 2.09. The minimum absolute atomic E-state index is 0.0981. The first-order valence-corrected chi connectivity index (χ1v) is 10.4. The van der Waals surface area contributed by atoms with Crippen molar-refractivity contribution in [2.45, 2.75) is 19.9 Å². The van der Waals surface area contributed by atoms with Gasteiger partial charge in [-0.05, 0) is 43.1 Å². The Kier molecular flexibility index (Phi) is 6.22. The van der Waals surface area contributed by atoms with Gasteiger partial charge in [0.2, 0.25) is 0 Å². The maximum atomic E-state index is 12.4. The number of amides is 1. The van der Waals surface area contributed by atoms with E-state index in [1.165, 1.54) is 5.56 Å². The summed E-state index contributed by atoms with van der Waals surface area (Å²) in [5.41, 5.74) is 3.80. The summed E-state index contributed by atoms with van der Waals surface area (Å²) in [5, 5.41) is 3.00. The van der Waals surface area contributed by atoms with E-state index in [2.05, 4.69) is 50.4 Å². The molecule has 29 heavy (non-hydrogen) atoms. The molecule has 0 spiro atoms. The summed E-state index contributed by atoms with van der Waals surface area (Å²) in [6.45, 7) is 9.13. The van der Waals surface area contributed by atoms with Gasteiger partial charge in [0.25, 0.3) is 5.91 Å². The number of pyridine rings is 1. The fourth-order valence-electron chi connectivity index (χ4n) is 3.80. The summed E-state index contributed by atoms with van der Waals surface area (Å²) in [4.78, 5) is 21.8. The maximum absolute atomic E-state index is 12.4. The highest BCUT2D eigenvalue weighted by Gasteiger charge is 2.17. The second-order valence-corrected chi connectivity index (χ2v) is 7.81. The smallest absolute Gasteiger partial charge is 0.271 e. The van der Waals surface area contributed by atoms with E-state index in [0.29, 0.717) is 12.2 Å². The number of nitrogens with one attached hydrogen (secondary N) is 1. The van der Waals surface area contributed by atoms with Crippen molar-refractivity contribution in [3.8, 4) is 0 Å². The number of rotatable bonds is 7. The van der Waals surface area contributed by atoms with E-state index in [9.17, 15) is 4.79 Å². The van der Waals surface area contributed by atoms with Gasteiger partial charge in [0, 0.05) is 51.7 Å². The number of piperazine rings is 1. The average Bonchev–Trinajstić information content (AvgIpc) is 3.16. The van der Waals surface area contributed by atoms with Crippen molar-refractivity contribution in [2.24, 2.45) is 0 Å². The Morgan fingerprint density at radius 1 is 1.07 bits per heavy atom. The zero-order chi connectivity index (χ0) is 20.1. The Balaban J connectivity index is 1.16. The molecule has 1 aliphatic heterocycles. The monoisotopic (exact) mass is 391 g/mol. The van der Waals surface area contributed by atoms with Crippen molar-refractivity contribution in [3.63, 3.8) is 0 Å². The second kappa shape index (κ2) is 9.20. The molecule has 4 rings (SSSR count). The number of hydrogen-bond donors (Lipinski definition) is 1. The van der Waals surface area contributed by atoms with Gasteiger partial charge >= 0.3 is 0 Å². The van der Waals surface area contributed by atoms with E-state index < -0.39 is 0 Å². The van der Waals surface area contributed by atoms with Crippen molar-refractivity contribution in [3.05, 3.63) is 71.7 Å². The van der Waals surface area contributed by atoms with Crippen LogP contribution in [0.3, 0.4) is 0 Å². The summed E-state index contributed by atoms with van der Waals surface area (Å²) in [5.74, 6) is -0.0981. The number of aromatic nitrogens is 2. The molecule has 1 fully saturated rings. The molecule has 2 aromatic heterocycles. The SMILES string of the molecule is Cc1ccn2cc(C(=O)NCCCN3CCN(Cc4ccccc4)CC3)nc2c1. The predicted octanol–water partition coefficient (Wildman–Crippen LogP) is 2.58. The summed E-state index contributed by atoms with van der Waals surface area (Å²) in [6, 6.07) is 14.7. The molecule has 0 aliphatic carbocycles. The lowest BCUT2D eigenvalue weighted by Crippen LogP contribution is -2.46. The molecule has 3 aromatic rings.